The molecule has 0 bridgehead atoms. The molecule has 0 N–H and O–H groups in total. The number of hydrogen-bond acceptors (Lipinski definition) is 11. The number of carbonyl (C=O) groups is 2. The summed E-state index contributed by atoms with van der Waals surface area (Å²) in [5.74, 6) is -1.23. The summed E-state index contributed by atoms with van der Waals surface area (Å²) in [5.41, 5.74) is -0.295. The van der Waals surface area contributed by atoms with Crippen LogP contribution < -0.4 is 38.6 Å². The van der Waals surface area contributed by atoms with Crippen molar-refractivity contribution >= 4 is 22.9 Å². The van der Waals surface area contributed by atoms with E-state index in [0.717, 1.165) is 0 Å². The van der Waals surface area contributed by atoms with Gasteiger partial charge >= 0.3 is 11.9 Å². The molecule has 1 heterocycles. The molecule has 3 rings (SSSR count). The second kappa shape index (κ2) is 10.2. The molecule has 0 amide bonds. The highest BCUT2D eigenvalue weighted by atomic mass is 16.6. The number of benzene rings is 2. The van der Waals surface area contributed by atoms with E-state index in [9.17, 15) is 14.4 Å². The van der Waals surface area contributed by atoms with Crippen LogP contribution in [0, 0.1) is 0 Å². The van der Waals surface area contributed by atoms with Crippen molar-refractivity contribution < 1.29 is 47.2 Å². The highest BCUT2D eigenvalue weighted by Crippen LogP contribution is 2.51. The van der Waals surface area contributed by atoms with E-state index >= 15 is 0 Å². The van der Waals surface area contributed by atoms with Gasteiger partial charge in [0.05, 0.1) is 35.5 Å². The fraction of sp³-hybridized carbons (Fsp3) is 0.292. The molecule has 11 heteroatoms. The van der Waals surface area contributed by atoms with E-state index in [1.165, 1.54) is 61.5 Å². The second-order valence-corrected chi connectivity index (χ2v) is 6.98. The van der Waals surface area contributed by atoms with E-state index in [-0.39, 0.29) is 57.0 Å². The van der Waals surface area contributed by atoms with Crippen LogP contribution in [0.2, 0.25) is 0 Å². The van der Waals surface area contributed by atoms with Crippen LogP contribution in [0.5, 0.6) is 40.2 Å². The van der Waals surface area contributed by atoms with Crippen molar-refractivity contribution in [3.05, 3.63) is 28.4 Å². The van der Waals surface area contributed by atoms with Crippen molar-refractivity contribution in [1.82, 2.24) is 0 Å². The Morgan fingerprint density at radius 3 is 1.80 bits per heavy atom. The van der Waals surface area contributed by atoms with Crippen LogP contribution in [0.1, 0.15) is 13.8 Å². The fourth-order valence-electron chi connectivity index (χ4n) is 3.53. The lowest BCUT2D eigenvalue weighted by Gasteiger charge is -2.19. The predicted molar refractivity (Wildman–Crippen MR) is 123 cm³/mol. The molecule has 35 heavy (non-hydrogen) atoms. The first-order valence-corrected chi connectivity index (χ1v) is 10.1. The molecular weight excluding hydrogens is 464 g/mol. The summed E-state index contributed by atoms with van der Waals surface area (Å²) in [4.78, 5) is 36.7. The first kappa shape index (κ1) is 25.2. The van der Waals surface area contributed by atoms with Crippen molar-refractivity contribution in [1.29, 1.82) is 0 Å². The smallest absolute Gasteiger partial charge is 0.308 e. The molecule has 0 fully saturated rings. The van der Waals surface area contributed by atoms with Gasteiger partial charge in [-0.15, -0.1) is 0 Å². The summed E-state index contributed by atoms with van der Waals surface area (Å²) in [7, 11) is 6.66. The number of carbonyl (C=O) groups excluding carboxylic acids is 2. The Morgan fingerprint density at radius 1 is 0.686 bits per heavy atom. The molecule has 0 saturated heterocycles. The van der Waals surface area contributed by atoms with Crippen molar-refractivity contribution in [2.24, 2.45) is 0 Å². The van der Waals surface area contributed by atoms with Crippen LogP contribution >= 0.6 is 0 Å². The number of hydrogen-bond donors (Lipinski definition) is 0. The maximum atomic E-state index is 13.6. The van der Waals surface area contributed by atoms with Gasteiger partial charge in [0.15, 0.2) is 28.6 Å². The second-order valence-electron chi connectivity index (χ2n) is 6.98. The van der Waals surface area contributed by atoms with E-state index in [0.29, 0.717) is 5.56 Å². The predicted octanol–water partition coefficient (Wildman–Crippen LogP) is 3.35. The standard InChI is InChI=1S/C24H24O11/c1-11(25)33-14-9-8-13(10-15(14)28-3)18-21(30-5)17(27)16-19(29-4)24(34-12(2)26)23(32-7)22(31-6)20(16)35-18/h8-10H,1-7H3. The van der Waals surface area contributed by atoms with Crippen LogP contribution in [0.4, 0.5) is 0 Å². The maximum Gasteiger partial charge on any atom is 0.308 e. The van der Waals surface area contributed by atoms with Gasteiger partial charge in [-0.2, -0.15) is 0 Å². The zero-order valence-electron chi connectivity index (χ0n) is 20.2. The monoisotopic (exact) mass is 488 g/mol. The molecule has 0 saturated carbocycles. The Balaban J connectivity index is 2.45. The summed E-state index contributed by atoms with van der Waals surface area (Å²) in [6, 6.07) is 4.56. The molecule has 0 aliphatic heterocycles. The van der Waals surface area contributed by atoms with Crippen LogP contribution in [-0.2, 0) is 9.59 Å². The van der Waals surface area contributed by atoms with Gasteiger partial charge in [-0.05, 0) is 18.2 Å². The van der Waals surface area contributed by atoms with Gasteiger partial charge in [0.2, 0.25) is 28.4 Å². The van der Waals surface area contributed by atoms with Crippen LogP contribution in [0.25, 0.3) is 22.3 Å². The van der Waals surface area contributed by atoms with Crippen molar-refractivity contribution in [2.45, 2.75) is 13.8 Å². The summed E-state index contributed by atoms with van der Waals surface area (Å²) < 4.78 is 43.5. The molecule has 1 aromatic heterocycles. The Bertz CT molecular complexity index is 1350. The van der Waals surface area contributed by atoms with Gasteiger partial charge in [0.25, 0.3) is 0 Å². The van der Waals surface area contributed by atoms with Gasteiger partial charge in [0.1, 0.15) is 5.39 Å². The zero-order chi connectivity index (χ0) is 25.9. The zero-order valence-corrected chi connectivity index (χ0v) is 20.2. The molecule has 3 aromatic rings. The number of methoxy groups -OCH3 is 5. The summed E-state index contributed by atoms with van der Waals surface area (Å²) in [6.07, 6.45) is 0. The lowest BCUT2D eigenvalue weighted by atomic mass is 10.1. The van der Waals surface area contributed by atoms with Crippen molar-refractivity contribution in [3.8, 4) is 51.6 Å². The largest absolute Gasteiger partial charge is 0.493 e. The lowest BCUT2D eigenvalue weighted by molar-refractivity contribution is -0.133. The van der Waals surface area contributed by atoms with Crippen LogP contribution in [-0.4, -0.2) is 47.5 Å². The van der Waals surface area contributed by atoms with E-state index in [1.54, 1.807) is 6.07 Å². The third kappa shape index (κ3) is 4.52. The fourth-order valence-corrected chi connectivity index (χ4v) is 3.53. The lowest BCUT2D eigenvalue weighted by Crippen LogP contribution is -2.12. The van der Waals surface area contributed by atoms with Crippen LogP contribution in [0.3, 0.4) is 0 Å². The quantitative estimate of drug-likeness (QED) is 0.342. The van der Waals surface area contributed by atoms with E-state index in [2.05, 4.69) is 0 Å². The summed E-state index contributed by atoms with van der Waals surface area (Å²) in [5, 5.41) is -0.0921. The normalized spacial score (nSPS) is 10.5. The van der Waals surface area contributed by atoms with Gasteiger partial charge in [0, 0.05) is 19.4 Å². The molecule has 0 radical (unpaired) electrons. The van der Waals surface area contributed by atoms with Crippen molar-refractivity contribution in [3.63, 3.8) is 0 Å². The van der Waals surface area contributed by atoms with Crippen molar-refractivity contribution in [2.75, 3.05) is 35.5 Å². The highest BCUT2D eigenvalue weighted by Gasteiger charge is 2.31. The topological polar surface area (TPSA) is 129 Å². The number of esters is 2. The molecule has 186 valence electrons. The first-order valence-electron chi connectivity index (χ1n) is 10.1. The van der Waals surface area contributed by atoms with Gasteiger partial charge in [-0.1, -0.05) is 0 Å². The van der Waals surface area contributed by atoms with E-state index in [4.69, 9.17) is 37.6 Å². The maximum absolute atomic E-state index is 13.6. The Hall–Kier alpha value is -4.41. The van der Waals surface area contributed by atoms with Crippen LogP contribution in [0.15, 0.2) is 27.4 Å². The third-order valence-corrected chi connectivity index (χ3v) is 4.86. The first-order chi connectivity index (χ1) is 16.7. The Kier molecular flexibility index (Phi) is 7.38. The SMILES string of the molecule is COc1cc(-c2oc3c(OC)c(OC)c(OC(C)=O)c(OC)c3c(=O)c2OC)ccc1OC(C)=O. The number of fused-ring (bicyclic) bond motifs is 1. The minimum atomic E-state index is -0.670. The number of ether oxygens (including phenoxy) is 7. The Labute approximate surface area is 200 Å². The molecule has 0 atom stereocenters. The molecule has 0 aliphatic carbocycles. The minimum Gasteiger partial charge on any atom is -0.493 e. The summed E-state index contributed by atoms with van der Waals surface area (Å²) in [6.45, 7) is 2.45. The van der Waals surface area contributed by atoms with Gasteiger partial charge < -0.3 is 37.6 Å². The molecule has 0 spiro atoms. The third-order valence-electron chi connectivity index (χ3n) is 4.86. The average molecular weight is 488 g/mol. The summed E-state index contributed by atoms with van der Waals surface area (Å²) >= 11 is 0. The molecule has 0 aliphatic rings. The average Bonchev–Trinajstić information content (AvgIpc) is 2.82. The molecule has 0 unspecified atom stereocenters. The van der Waals surface area contributed by atoms with Gasteiger partial charge in [-0.25, -0.2) is 0 Å². The molecule has 2 aromatic carbocycles. The highest BCUT2D eigenvalue weighted by molar-refractivity contribution is 5.97. The van der Waals surface area contributed by atoms with Gasteiger partial charge in [-0.3, -0.25) is 14.4 Å². The molecule has 11 nitrogen and oxygen atoms in total. The van der Waals surface area contributed by atoms with E-state index < -0.39 is 17.4 Å². The Morgan fingerprint density at radius 2 is 1.29 bits per heavy atom. The molecular formula is C24H24O11. The van der Waals surface area contributed by atoms with E-state index in [1.807, 2.05) is 0 Å². The minimum absolute atomic E-state index is 0.0101. The number of rotatable bonds is 8.